The van der Waals surface area contributed by atoms with Crippen molar-refractivity contribution >= 4 is 22.5 Å². The lowest BCUT2D eigenvalue weighted by atomic mass is 9.74. The van der Waals surface area contributed by atoms with E-state index in [9.17, 15) is 24.9 Å². The number of phenols is 1. The quantitative estimate of drug-likeness (QED) is 0.213. The number of phenolic OH excluding ortho intramolecular Hbond substituents is 1. The molecule has 2 aliphatic heterocycles. The van der Waals surface area contributed by atoms with Gasteiger partial charge in [-0.1, -0.05) is 19.1 Å². The van der Waals surface area contributed by atoms with Gasteiger partial charge in [0.25, 0.3) is 0 Å². The number of hydrogen-bond donors (Lipinski definition) is 3. The van der Waals surface area contributed by atoms with Gasteiger partial charge in [0.05, 0.1) is 53.1 Å². The molecule has 1 aliphatic carbocycles. The summed E-state index contributed by atoms with van der Waals surface area (Å²) in [5, 5.41) is 34.7. The number of aliphatic hydroxyl groups is 2. The molecule has 52 heavy (non-hydrogen) atoms. The molecule has 3 aliphatic rings. The Morgan fingerprint density at radius 1 is 0.942 bits per heavy atom. The highest BCUT2D eigenvalue weighted by Gasteiger charge is 2.49. The van der Waals surface area contributed by atoms with Crippen LogP contribution in [0.2, 0.25) is 0 Å². The smallest absolute Gasteiger partial charge is 0.202 e. The molecule has 0 amide bonds. The van der Waals surface area contributed by atoms with E-state index in [0.717, 1.165) is 0 Å². The van der Waals surface area contributed by atoms with E-state index in [-0.39, 0.29) is 62.6 Å². The third-order valence-electron chi connectivity index (χ3n) is 11.9. The molecule has 2 fully saturated rings. The molecule has 1 aromatic heterocycles. The molecule has 280 valence electrons. The number of aromatic hydroxyl groups is 1. The van der Waals surface area contributed by atoms with Crippen LogP contribution in [0.25, 0.3) is 11.0 Å². The number of likely N-dealkylation sites (N-methyl/N-ethyl adjacent to an activating group) is 2. The van der Waals surface area contributed by atoms with Gasteiger partial charge in [-0.05, 0) is 105 Å². The molecule has 2 saturated heterocycles. The van der Waals surface area contributed by atoms with Gasteiger partial charge in [0.15, 0.2) is 11.2 Å². The number of benzene rings is 2. The van der Waals surface area contributed by atoms with Gasteiger partial charge in [-0.3, -0.25) is 14.4 Å². The van der Waals surface area contributed by atoms with Crippen LogP contribution in [0.3, 0.4) is 0 Å². The monoisotopic (exact) mass is 716 g/mol. The Morgan fingerprint density at radius 2 is 1.62 bits per heavy atom. The van der Waals surface area contributed by atoms with Crippen molar-refractivity contribution < 1.29 is 38.8 Å². The highest BCUT2D eigenvalue weighted by Crippen LogP contribution is 2.49. The van der Waals surface area contributed by atoms with Crippen LogP contribution in [-0.4, -0.2) is 101 Å². The van der Waals surface area contributed by atoms with Crippen molar-refractivity contribution in [3.8, 4) is 5.75 Å². The van der Waals surface area contributed by atoms with Crippen LogP contribution in [0.5, 0.6) is 5.75 Å². The summed E-state index contributed by atoms with van der Waals surface area (Å²) in [6.45, 7) is 11.0. The second kappa shape index (κ2) is 13.9. The SMILES string of the molecule is C/C=C\CC(C)c1cc(=O)c2c(C)cc3c(c2o1)C(=O)c1c(O)c([C@@H]2C[C@@](C)(N(C)C)[C@H](O)C(C)O2)cc([C@H]2C[C@@H](N(C)C)[C@H](O)C(C)O2)c1C3=O. The van der Waals surface area contributed by atoms with Gasteiger partial charge >= 0.3 is 0 Å². The summed E-state index contributed by atoms with van der Waals surface area (Å²) < 4.78 is 19.2. The standard InChI is InChI=1S/C41H52N2O9/c1-11-12-13-19(2)28-17-27(44)31-20(3)14-25-33(39(31)52-28)38(48)34-32(37(25)47)23(29-16-26(42(7)8)35(45)21(4)50-29)15-24(36(34)46)30-18-41(6,43(9)10)40(49)22(5)51-30/h11-12,14-15,17,19,21-22,26,29-30,35,40,45-46,49H,13,16,18H2,1-10H3/b12-11-/t19?,21?,22?,26-,29-,30+,35-,40-,41-/m1/s1. The fraction of sp³-hybridized carbons (Fsp3) is 0.537. The number of fused-ring (bicyclic) bond motifs is 4. The van der Waals surface area contributed by atoms with Crippen LogP contribution in [-0.2, 0) is 9.47 Å². The number of nitrogens with zero attached hydrogens (tertiary/aromatic N) is 2. The van der Waals surface area contributed by atoms with Crippen LogP contribution >= 0.6 is 0 Å². The molecule has 0 saturated carbocycles. The number of rotatable bonds is 7. The summed E-state index contributed by atoms with van der Waals surface area (Å²) in [6.07, 6.45) is 0.650. The zero-order chi connectivity index (χ0) is 38.1. The molecule has 6 rings (SSSR count). The normalized spacial score (nSPS) is 30.0. The molecule has 11 heteroatoms. The number of carbonyl (C=O) groups excluding carboxylic acids is 2. The predicted molar refractivity (Wildman–Crippen MR) is 197 cm³/mol. The molecule has 3 N–H and O–H groups in total. The number of aliphatic hydroxyl groups excluding tert-OH is 2. The van der Waals surface area contributed by atoms with E-state index in [1.807, 2.05) is 70.9 Å². The lowest BCUT2D eigenvalue weighted by Crippen LogP contribution is -2.59. The fourth-order valence-electron chi connectivity index (χ4n) is 8.38. The van der Waals surface area contributed by atoms with Crippen molar-refractivity contribution in [3.63, 3.8) is 0 Å². The Kier molecular flexibility index (Phi) is 10.2. The van der Waals surface area contributed by atoms with Crippen LogP contribution in [0.4, 0.5) is 0 Å². The average molecular weight is 717 g/mol. The Labute approximate surface area is 304 Å². The fourth-order valence-corrected chi connectivity index (χ4v) is 8.38. The third-order valence-corrected chi connectivity index (χ3v) is 11.9. The lowest BCUT2D eigenvalue weighted by Gasteiger charge is -2.49. The topological polar surface area (TPSA) is 150 Å². The molecule has 0 spiro atoms. The van der Waals surface area contributed by atoms with Crippen molar-refractivity contribution in [2.75, 3.05) is 28.2 Å². The Balaban J connectivity index is 1.63. The predicted octanol–water partition coefficient (Wildman–Crippen LogP) is 5.32. The molecule has 3 unspecified atom stereocenters. The lowest BCUT2D eigenvalue weighted by molar-refractivity contribution is -0.176. The van der Waals surface area contributed by atoms with Gasteiger partial charge in [-0.15, -0.1) is 0 Å². The number of allylic oxidation sites excluding steroid dienone is 2. The van der Waals surface area contributed by atoms with E-state index in [2.05, 4.69) is 0 Å². The second-order valence-corrected chi connectivity index (χ2v) is 15.7. The van der Waals surface area contributed by atoms with E-state index in [1.54, 1.807) is 32.9 Å². The second-order valence-electron chi connectivity index (χ2n) is 15.7. The highest BCUT2D eigenvalue weighted by atomic mass is 16.5. The maximum absolute atomic E-state index is 15.0. The maximum Gasteiger partial charge on any atom is 0.202 e. The number of carbonyl (C=O) groups is 2. The van der Waals surface area contributed by atoms with E-state index in [1.165, 1.54) is 6.07 Å². The zero-order valence-electron chi connectivity index (χ0n) is 31.8. The molecular formula is C41H52N2O9. The Bertz CT molecular complexity index is 2020. The zero-order valence-corrected chi connectivity index (χ0v) is 31.8. The first-order valence-corrected chi connectivity index (χ1v) is 18.1. The van der Waals surface area contributed by atoms with Crippen LogP contribution in [0.1, 0.15) is 126 Å². The summed E-state index contributed by atoms with van der Waals surface area (Å²) in [4.78, 5) is 47.3. The van der Waals surface area contributed by atoms with Crippen molar-refractivity contribution in [2.45, 2.75) is 115 Å². The summed E-state index contributed by atoms with van der Waals surface area (Å²) in [6, 6.07) is 4.38. The number of ether oxygens (including phenoxy) is 2. The van der Waals surface area contributed by atoms with E-state index in [0.29, 0.717) is 29.7 Å². The summed E-state index contributed by atoms with van der Waals surface area (Å²) in [5.41, 5.74) is -0.0633. The minimum absolute atomic E-state index is 0.0165. The van der Waals surface area contributed by atoms with Crippen LogP contribution in [0.15, 0.2) is 39.6 Å². The molecule has 0 bridgehead atoms. The average Bonchev–Trinajstić information content (AvgIpc) is 3.08. The summed E-state index contributed by atoms with van der Waals surface area (Å²) >= 11 is 0. The number of ketones is 2. The highest BCUT2D eigenvalue weighted by molar-refractivity contribution is 6.33. The van der Waals surface area contributed by atoms with Crippen LogP contribution in [0, 0.1) is 6.92 Å². The molecule has 3 heterocycles. The molecule has 11 nitrogen and oxygen atoms in total. The number of hydrogen-bond acceptors (Lipinski definition) is 11. The third kappa shape index (κ3) is 6.05. The van der Waals surface area contributed by atoms with E-state index in [4.69, 9.17) is 13.9 Å². The van der Waals surface area contributed by atoms with Crippen LogP contribution < -0.4 is 5.43 Å². The molecule has 2 aromatic carbocycles. The van der Waals surface area contributed by atoms with Gasteiger partial charge < -0.3 is 39.0 Å². The van der Waals surface area contributed by atoms with E-state index < -0.39 is 59.5 Å². The van der Waals surface area contributed by atoms with Gasteiger partial charge in [0, 0.05) is 40.3 Å². The minimum atomic E-state index is -0.847. The van der Waals surface area contributed by atoms with Crippen molar-refractivity contribution in [1.82, 2.24) is 9.80 Å². The molecule has 9 atom stereocenters. The molecule has 0 radical (unpaired) electrons. The van der Waals surface area contributed by atoms with Gasteiger partial charge in [0.2, 0.25) is 5.78 Å². The van der Waals surface area contributed by atoms with Gasteiger partial charge in [-0.25, -0.2) is 0 Å². The number of aryl methyl sites for hydroxylation is 1. The van der Waals surface area contributed by atoms with Crippen molar-refractivity contribution in [1.29, 1.82) is 0 Å². The van der Waals surface area contributed by atoms with Gasteiger partial charge in [0.1, 0.15) is 17.1 Å². The first kappa shape index (κ1) is 38.0. The summed E-state index contributed by atoms with van der Waals surface area (Å²) in [7, 11) is 7.47. The minimum Gasteiger partial charge on any atom is -0.507 e. The first-order chi connectivity index (χ1) is 24.4. The maximum atomic E-state index is 15.0. The first-order valence-electron chi connectivity index (χ1n) is 18.1. The molecular weight excluding hydrogens is 664 g/mol. The summed E-state index contributed by atoms with van der Waals surface area (Å²) in [5.74, 6) is -1.35. The van der Waals surface area contributed by atoms with Gasteiger partial charge in [-0.2, -0.15) is 0 Å². The van der Waals surface area contributed by atoms with Crippen molar-refractivity contribution in [3.05, 3.63) is 85.3 Å². The Morgan fingerprint density at radius 3 is 2.25 bits per heavy atom. The largest absolute Gasteiger partial charge is 0.507 e. The Hall–Kier alpha value is -3.71. The molecule has 3 aromatic rings. The van der Waals surface area contributed by atoms with Crippen molar-refractivity contribution in [2.24, 2.45) is 0 Å². The van der Waals surface area contributed by atoms with E-state index >= 15 is 4.79 Å².